The first kappa shape index (κ1) is 6.47. The van der Waals surface area contributed by atoms with Crippen LogP contribution in [-0.4, -0.2) is 16.6 Å². The van der Waals surface area contributed by atoms with Gasteiger partial charge in [0.25, 0.3) is 0 Å². The number of nitrogen functional groups attached to an aromatic ring is 1. The molecule has 5 nitrogen and oxygen atoms in total. The molecule has 0 saturated heterocycles. The van der Waals surface area contributed by atoms with Gasteiger partial charge in [-0.3, -0.25) is 0 Å². The average Bonchev–Trinajstić information content (AvgIpc) is 1.94. The maximum absolute atomic E-state index is 5.33. The van der Waals surface area contributed by atoms with Gasteiger partial charge in [-0.25, -0.2) is 0 Å². The second-order valence-corrected chi connectivity index (χ2v) is 1.57. The van der Waals surface area contributed by atoms with Crippen molar-refractivity contribution in [1.29, 1.82) is 0 Å². The summed E-state index contributed by atoms with van der Waals surface area (Å²) in [7, 11) is 0. The van der Waals surface area contributed by atoms with Crippen molar-refractivity contribution in [1.82, 2.24) is 9.89 Å². The average molecular weight is 137 g/mol. The second kappa shape index (κ2) is 2.77. The van der Waals surface area contributed by atoms with Crippen molar-refractivity contribution in [3.8, 4) is 0 Å². The van der Waals surface area contributed by atoms with Gasteiger partial charge >= 0.3 is 0 Å². The highest BCUT2D eigenvalue weighted by atomic mass is 15.5. The standard InChI is InChI=1S/C5H7N5/c1-7-9-5-3-2-4-8-10(5)6/h2-4H,1,6H2/b9-5-. The zero-order chi connectivity index (χ0) is 7.40. The smallest absolute Gasteiger partial charge is 0.193 e. The second-order valence-electron chi connectivity index (χ2n) is 1.57. The molecule has 1 rings (SSSR count). The van der Waals surface area contributed by atoms with E-state index < -0.39 is 0 Å². The molecule has 1 aromatic rings. The zero-order valence-corrected chi connectivity index (χ0v) is 5.31. The van der Waals surface area contributed by atoms with Gasteiger partial charge in [-0.2, -0.15) is 15.0 Å². The topological polar surface area (TPSA) is 68.6 Å². The van der Waals surface area contributed by atoms with E-state index in [0.717, 1.165) is 4.79 Å². The van der Waals surface area contributed by atoms with Crippen molar-refractivity contribution in [2.45, 2.75) is 0 Å². The Kier molecular flexibility index (Phi) is 1.79. The lowest BCUT2D eigenvalue weighted by Gasteiger charge is -1.92. The van der Waals surface area contributed by atoms with Crippen LogP contribution in [0.15, 0.2) is 28.5 Å². The summed E-state index contributed by atoms with van der Waals surface area (Å²) in [5.74, 6) is 5.33. The third kappa shape index (κ3) is 1.19. The Balaban J connectivity index is 3.28. The highest BCUT2D eigenvalue weighted by molar-refractivity contribution is 5.22. The molecular formula is C5H7N5. The number of rotatable bonds is 1. The van der Waals surface area contributed by atoms with Crippen LogP contribution in [0.25, 0.3) is 0 Å². The van der Waals surface area contributed by atoms with Gasteiger partial charge in [0, 0.05) is 12.9 Å². The molecule has 0 fully saturated rings. The maximum Gasteiger partial charge on any atom is 0.193 e. The summed E-state index contributed by atoms with van der Waals surface area (Å²) in [4.78, 5) is 1.12. The highest BCUT2D eigenvalue weighted by Gasteiger charge is 1.82. The third-order valence-corrected chi connectivity index (χ3v) is 0.930. The molecule has 0 aromatic carbocycles. The summed E-state index contributed by atoms with van der Waals surface area (Å²) in [5, 5.41) is 10.6. The maximum atomic E-state index is 5.33. The van der Waals surface area contributed by atoms with Crippen molar-refractivity contribution in [3.05, 3.63) is 23.8 Å². The first-order valence-corrected chi connectivity index (χ1v) is 2.64. The lowest BCUT2D eigenvalue weighted by molar-refractivity contribution is 0.735. The monoisotopic (exact) mass is 137 g/mol. The minimum atomic E-state index is 0.470. The molecule has 0 amide bonds. The molecule has 2 N–H and O–H groups in total. The van der Waals surface area contributed by atoms with Crippen molar-refractivity contribution in [2.75, 3.05) is 5.84 Å². The van der Waals surface area contributed by atoms with E-state index >= 15 is 0 Å². The first-order chi connectivity index (χ1) is 4.84. The Hall–Kier alpha value is -1.65. The van der Waals surface area contributed by atoms with Crippen LogP contribution >= 0.6 is 0 Å². The predicted octanol–water partition coefficient (Wildman–Crippen LogP) is -0.887. The van der Waals surface area contributed by atoms with Crippen LogP contribution in [-0.2, 0) is 0 Å². The summed E-state index contributed by atoms with van der Waals surface area (Å²) >= 11 is 0. The van der Waals surface area contributed by atoms with E-state index in [1.807, 2.05) is 0 Å². The quantitative estimate of drug-likeness (QED) is 0.310. The molecule has 10 heavy (non-hydrogen) atoms. The van der Waals surface area contributed by atoms with E-state index in [9.17, 15) is 0 Å². The number of nitrogens with zero attached hydrogens (tertiary/aromatic N) is 4. The van der Waals surface area contributed by atoms with Gasteiger partial charge < -0.3 is 5.84 Å². The molecular weight excluding hydrogens is 130 g/mol. The number of hydrogen-bond donors (Lipinski definition) is 1. The molecule has 5 heteroatoms. The Morgan fingerprint density at radius 1 is 1.70 bits per heavy atom. The fraction of sp³-hybridized carbons (Fsp3) is 0. The van der Waals surface area contributed by atoms with Crippen LogP contribution in [0.5, 0.6) is 0 Å². The van der Waals surface area contributed by atoms with Gasteiger partial charge in [-0.15, -0.1) is 5.10 Å². The molecule has 1 heterocycles. The molecule has 0 aliphatic heterocycles. The minimum absolute atomic E-state index is 0.470. The van der Waals surface area contributed by atoms with Crippen molar-refractivity contribution < 1.29 is 0 Å². The van der Waals surface area contributed by atoms with Crippen LogP contribution in [0.3, 0.4) is 0 Å². The summed E-state index contributed by atoms with van der Waals surface area (Å²) in [5.41, 5.74) is 0.470. The van der Waals surface area contributed by atoms with Gasteiger partial charge in [0.15, 0.2) is 5.49 Å². The van der Waals surface area contributed by atoms with Crippen molar-refractivity contribution >= 4 is 6.72 Å². The van der Waals surface area contributed by atoms with Crippen LogP contribution in [0.4, 0.5) is 0 Å². The lowest BCUT2D eigenvalue weighted by atomic mass is 10.6. The largest absolute Gasteiger partial charge is 0.321 e. The molecule has 1 aromatic heterocycles. The van der Waals surface area contributed by atoms with Gasteiger partial charge in [-0.1, -0.05) is 0 Å². The summed E-state index contributed by atoms with van der Waals surface area (Å²) in [6, 6.07) is 3.40. The van der Waals surface area contributed by atoms with Crippen molar-refractivity contribution in [2.24, 2.45) is 10.2 Å². The molecule has 0 spiro atoms. The minimum Gasteiger partial charge on any atom is -0.321 e. The predicted molar refractivity (Wildman–Crippen MR) is 37.5 cm³/mol. The van der Waals surface area contributed by atoms with E-state index in [0.29, 0.717) is 5.49 Å². The number of nitrogens with two attached hydrogens (primary N) is 1. The van der Waals surface area contributed by atoms with Gasteiger partial charge in [-0.05, 0) is 12.1 Å². The Morgan fingerprint density at radius 2 is 2.50 bits per heavy atom. The van der Waals surface area contributed by atoms with E-state index in [-0.39, 0.29) is 0 Å². The summed E-state index contributed by atoms with van der Waals surface area (Å²) in [6.45, 7) is 3.18. The van der Waals surface area contributed by atoms with Gasteiger partial charge in [0.2, 0.25) is 0 Å². The van der Waals surface area contributed by atoms with E-state index in [4.69, 9.17) is 5.84 Å². The fourth-order valence-electron chi connectivity index (χ4n) is 0.527. The zero-order valence-electron chi connectivity index (χ0n) is 5.31. The first-order valence-electron chi connectivity index (χ1n) is 2.64. The van der Waals surface area contributed by atoms with E-state index in [1.165, 1.54) is 0 Å². The fourth-order valence-corrected chi connectivity index (χ4v) is 0.527. The van der Waals surface area contributed by atoms with Gasteiger partial charge in [0.1, 0.15) is 0 Å². The Bertz CT molecular complexity index is 286. The number of hydrogen-bond acceptors (Lipinski definition) is 4. The molecule has 0 unspecified atom stereocenters. The molecule has 52 valence electrons. The molecule has 0 atom stereocenters. The van der Waals surface area contributed by atoms with Crippen LogP contribution in [0.2, 0.25) is 0 Å². The van der Waals surface area contributed by atoms with E-state index in [2.05, 4.69) is 22.0 Å². The molecule has 0 aliphatic rings. The molecule has 0 bridgehead atoms. The van der Waals surface area contributed by atoms with Crippen LogP contribution in [0, 0.1) is 0 Å². The van der Waals surface area contributed by atoms with E-state index in [1.54, 1.807) is 18.3 Å². The molecule has 0 aliphatic carbocycles. The molecule has 0 radical (unpaired) electrons. The molecule has 0 saturated carbocycles. The lowest BCUT2D eigenvalue weighted by Crippen LogP contribution is -2.29. The van der Waals surface area contributed by atoms with Gasteiger partial charge in [0.05, 0.1) is 0 Å². The summed E-state index contributed by atoms with van der Waals surface area (Å²) in [6.07, 6.45) is 1.56. The third-order valence-electron chi connectivity index (χ3n) is 0.930. The highest BCUT2D eigenvalue weighted by Crippen LogP contribution is 1.68. The number of aromatic nitrogens is 2. The normalized spacial score (nSPS) is 11.4. The summed E-state index contributed by atoms with van der Waals surface area (Å²) < 4.78 is 0. The Labute approximate surface area is 57.5 Å². The van der Waals surface area contributed by atoms with Crippen LogP contribution in [0.1, 0.15) is 0 Å². The van der Waals surface area contributed by atoms with Crippen LogP contribution < -0.4 is 11.3 Å². The van der Waals surface area contributed by atoms with Crippen molar-refractivity contribution in [3.63, 3.8) is 0 Å². The SMILES string of the molecule is C=N/N=c1/cccnn1N. The Morgan fingerprint density at radius 3 is 3.10 bits per heavy atom.